The largest absolute Gasteiger partial charge is 0.325 e. The van der Waals surface area contributed by atoms with Crippen molar-refractivity contribution in [2.24, 2.45) is 5.73 Å². The molecule has 6 nitrogen and oxygen atoms in total. The van der Waals surface area contributed by atoms with Gasteiger partial charge in [0.1, 0.15) is 5.82 Å². The van der Waals surface area contributed by atoms with Crippen LogP contribution in [0, 0.1) is 5.82 Å². The topological polar surface area (TPSA) is 101 Å². The van der Waals surface area contributed by atoms with E-state index in [0.29, 0.717) is 0 Å². The lowest BCUT2D eigenvalue weighted by Gasteiger charge is -2.24. The molecule has 7 heteroatoms. The molecule has 0 spiro atoms. The van der Waals surface area contributed by atoms with E-state index in [1.54, 1.807) is 6.07 Å². The molecule has 4 N–H and O–H groups in total. The number of hydrogen-bond donors (Lipinski definition) is 3. The second-order valence-electron chi connectivity index (χ2n) is 7.31. The van der Waals surface area contributed by atoms with E-state index in [1.807, 2.05) is 60.7 Å². The summed E-state index contributed by atoms with van der Waals surface area (Å²) in [5.41, 5.74) is 8.44. The summed E-state index contributed by atoms with van der Waals surface area (Å²) in [4.78, 5) is 30.8. The number of benzene rings is 3. The maximum atomic E-state index is 14.7. The van der Waals surface area contributed by atoms with E-state index >= 15 is 0 Å². The minimum absolute atomic E-state index is 0.157. The van der Waals surface area contributed by atoms with Crippen LogP contribution in [0.2, 0.25) is 0 Å². The Balaban J connectivity index is 1.58. The van der Waals surface area contributed by atoms with Gasteiger partial charge in [0.25, 0.3) is 5.56 Å². The average molecular weight is 428 g/mol. The summed E-state index contributed by atoms with van der Waals surface area (Å²) >= 11 is 0. The van der Waals surface area contributed by atoms with E-state index in [0.717, 1.165) is 11.1 Å². The number of aromatic amines is 1. The van der Waals surface area contributed by atoms with E-state index < -0.39 is 17.8 Å². The van der Waals surface area contributed by atoms with Gasteiger partial charge in [0.05, 0.1) is 18.1 Å². The highest BCUT2D eigenvalue weighted by Gasteiger charge is 2.28. The third kappa shape index (κ3) is 4.63. The van der Waals surface area contributed by atoms with Gasteiger partial charge < -0.3 is 16.0 Å². The zero-order valence-corrected chi connectivity index (χ0v) is 17.0. The molecule has 0 fully saturated rings. The van der Waals surface area contributed by atoms with E-state index in [9.17, 15) is 14.0 Å². The molecule has 0 radical (unpaired) electrons. The summed E-state index contributed by atoms with van der Waals surface area (Å²) in [6, 6.07) is 23.6. The van der Waals surface area contributed by atoms with Crippen molar-refractivity contribution in [1.29, 1.82) is 0 Å². The van der Waals surface area contributed by atoms with E-state index in [4.69, 9.17) is 5.73 Å². The Morgan fingerprint density at radius 3 is 2.12 bits per heavy atom. The fraction of sp³-hybridized carbons (Fsp3) is 0.0800. The Bertz CT molecular complexity index is 1240. The molecule has 1 aromatic heterocycles. The maximum Gasteiger partial charge on any atom is 0.251 e. The van der Waals surface area contributed by atoms with Crippen LogP contribution in [-0.4, -0.2) is 21.9 Å². The Labute approximate surface area is 184 Å². The third-order valence-electron chi connectivity index (χ3n) is 5.17. The molecule has 0 aliphatic heterocycles. The third-order valence-corrected chi connectivity index (χ3v) is 5.17. The Kier molecular flexibility index (Phi) is 6.19. The first-order valence-electron chi connectivity index (χ1n) is 10.0. The van der Waals surface area contributed by atoms with Crippen LogP contribution in [0.5, 0.6) is 0 Å². The van der Waals surface area contributed by atoms with Gasteiger partial charge in [-0.2, -0.15) is 0 Å². The van der Waals surface area contributed by atoms with Gasteiger partial charge in [-0.1, -0.05) is 60.7 Å². The fourth-order valence-electron chi connectivity index (χ4n) is 3.62. The van der Waals surface area contributed by atoms with Crippen LogP contribution in [0.3, 0.4) is 0 Å². The Morgan fingerprint density at radius 1 is 0.938 bits per heavy atom. The lowest BCUT2D eigenvalue weighted by atomic mass is 9.85. The Morgan fingerprint density at radius 2 is 1.56 bits per heavy atom. The zero-order valence-electron chi connectivity index (χ0n) is 17.0. The summed E-state index contributed by atoms with van der Waals surface area (Å²) in [5, 5.41) is 2.70. The van der Waals surface area contributed by atoms with Crippen molar-refractivity contribution < 1.29 is 9.18 Å². The smallest absolute Gasteiger partial charge is 0.251 e. The van der Waals surface area contributed by atoms with Gasteiger partial charge in [-0.15, -0.1) is 0 Å². The molecular formula is C25H21FN4O2. The van der Waals surface area contributed by atoms with E-state index in [1.165, 1.54) is 24.5 Å². The SMILES string of the molecule is N[C@H](C(=O)Nc1ccc(-c2cc(=O)[nH]cn2)c(F)c1)C(c1ccccc1)c1ccccc1. The van der Waals surface area contributed by atoms with Crippen molar-refractivity contribution in [2.75, 3.05) is 5.32 Å². The van der Waals surface area contributed by atoms with Crippen LogP contribution in [0.15, 0.2) is 96.1 Å². The molecule has 4 aromatic rings. The second kappa shape index (κ2) is 9.36. The molecule has 3 aromatic carbocycles. The highest BCUT2D eigenvalue weighted by atomic mass is 19.1. The first-order chi connectivity index (χ1) is 15.5. The van der Waals surface area contributed by atoms with E-state index in [2.05, 4.69) is 15.3 Å². The van der Waals surface area contributed by atoms with Gasteiger partial charge in [0, 0.05) is 23.2 Å². The average Bonchev–Trinajstić information content (AvgIpc) is 2.80. The number of nitrogens with two attached hydrogens (primary N) is 1. The van der Waals surface area contributed by atoms with Crippen LogP contribution >= 0.6 is 0 Å². The summed E-state index contributed by atoms with van der Waals surface area (Å²) in [7, 11) is 0. The minimum atomic E-state index is -0.906. The normalized spacial score (nSPS) is 11.8. The van der Waals surface area contributed by atoms with Crippen molar-refractivity contribution in [3.63, 3.8) is 0 Å². The predicted octanol–water partition coefficient (Wildman–Crippen LogP) is 3.67. The molecule has 0 saturated carbocycles. The Hall–Kier alpha value is -4.10. The quantitative estimate of drug-likeness (QED) is 0.436. The number of nitrogens with zero attached hydrogens (tertiary/aromatic N) is 1. The van der Waals surface area contributed by atoms with Crippen molar-refractivity contribution in [3.8, 4) is 11.3 Å². The molecule has 1 amide bonds. The summed E-state index contributed by atoms with van der Waals surface area (Å²) in [6.07, 6.45) is 1.21. The zero-order chi connectivity index (χ0) is 22.5. The number of nitrogens with one attached hydrogen (secondary N) is 2. The van der Waals surface area contributed by atoms with Crippen molar-refractivity contribution in [3.05, 3.63) is 119 Å². The standard InChI is InChI=1S/C25H21FN4O2/c26-20-13-18(11-12-19(20)21-14-22(31)29-15-28-21)30-25(32)24(27)23(16-7-3-1-4-8-16)17-9-5-2-6-10-17/h1-15,23-24H,27H2,(H,30,32)(H,28,29,31)/t24-/m0/s1. The number of amides is 1. The monoisotopic (exact) mass is 428 g/mol. The van der Waals surface area contributed by atoms with Gasteiger partial charge in [-0.3, -0.25) is 9.59 Å². The highest BCUT2D eigenvalue weighted by Crippen LogP contribution is 2.28. The van der Waals surface area contributed by atoms with Gasteiger partial charge in [0.2, 0.25) is 5.91 Å². The fourth-order valence-corrected chi connectivity index (χ4v) is 3.62. The number of H-pyrrole nitrogens is 1. The van der Waals surface area contributed by atoms with Crippen LogP contribution < -0.4 is 16.6 Å². The minimum Gasteiger partial charge on any atom is -0.325 e. The van der Waals surface area contributed by atoms with Gasteiger partial charge in [0.15, 0.2) is 0 Å². The van der Waals surface area contributed by atoms with E-state index in [-0.39, 0.29) is 28.4 Å². The lowest BCUT2D eigenvalue weighted by Crippen LogP contribution is -2.41. The van der Waals surface area contributed by atoms with Crippen molar-refractivity contribution in [2.45, 2.75) is 12.0 Å². The molecule has 4 rings (SSSR count). The number of carbonyl (C=O) groups excluding carboxylic acids is 1. The molecule has 1 atom stereocenters. The molecule has 0 bridgehead atoms. The van der Waals surface area contributed by atoms with Crippen LogP contribution in [0.4, 0.5) is 10.1 Å². The molecule has 32 heavy (non-hydrogen) atoms. The molecule has 1 heterocycles. The van der Waals surface area contributed by atoms with Crippen LogP contribution in [-0.2, 0) is 4.79 Å². The second-order valence-corrected chi connectivity index (χ2v) is 7.31. The van der Waals surface area contributed by atoms with Gasteiger partial charge >= 0.3 is 0 Å². The first kappa shape index (κ1) is 21.1. The summed E-state index contributed by atoms with van der Waals surface area (Å²) in [6.45, 7) is 0. The van der Waals surface area contributed by atoms with Gasteiger partial charge in [-0.05, 0) is 29.3 Å². The molecule has 0 unspecified atom stereocenters. The first-order valence-corrected chi connectivity index (χ1v) is 10.0. The predicted molar refractivity (Wildman–Crippen MR) is 122 cm³/mol. The number of rotatable bonds is 6. The van der Waals surface area contributed by atoms with Crippen LogP contribution in [0.1, 0.15) is 17.0 Å². The number of anilines is 1. The molecule has 0 saturated heterocycles. The summed E-state index contributed by atoms with van der Waals surface area (Å²) < 4.78 is 14.7. The number of aromatic nitrogens is 2. The molecule has 0 aliphatic rings. The highest BCUT2D eigenvalue weighted by molar-refractivity contribution is 5.96. The molecule has 0 aliphatic carbocycles. The number of halogens is 1. The lowest BCUT2D eigenvalue weighted by molar-refractivity contribution is -0.117. The number of hydrogen-bond acceptors (Lipinski definition) is 4. The van der Waals surface area contributed by atoms with Crippen molar-refractivity contribution in [1.82, 2.24) is 9.97 Å². The van der Waals surface area contributed by atoms with Crippen molar-refractivity contribution >= 4 is 11.6 Å². The number of carbonyl (C=O) groups is 1. The summed E-state index contributed by atoms with van der Waals surface area (Å²) in [5.74, 6) is -1.43. The molecular weight excluding hydrogens is 407 g/mol. The van der Waals surface area contributed by atoms with Crippen LogP contribution in [0.25, 0.3) is 11.3 Å². The van der Waals surface area contributed by atoms with Gasteiger partial charge in [-0.25, -0.2) is 9.37 Å². The molecule has 160 valence electrons. The maximum absolute atomic E-state index is 14.7.